The van der Waals surface area contributed by atoms with Gasteiger partial charge in [-0.3, -0.25) is 9.78 Å². The van der Waals surface area contributed by atoms with Crippen molar-refractivity contribution >= 4 is 22.5 Å². The smallest absolute Gasteiger partial charge is 0.250 e. The van der Waals surface area contributed by atoms with Gasteiger partial charge in [-0.2, -0.15) is 0 Å². The van der Waals surface area contributed by atoms with Gasteiger partial charge in [0.15, 0.2) is 0 Å². The first-order valence-corrected chi connectivity index (χ1v) is 8.43. The Kier molecular flexibility index (Phi) is 5.46. The number of nitrogens with one attached hydrogen (secondary N) is 2. The highest BCUT2D eigenvalue weighted by molar-refractivity contribution is 6.08. The van der Waals surface area contributed by atoms with Crippen LogP contribution in [0, 0.1) is 0 Å². The second kappa shape index (κ2) is 7.95. The highest BCUT2D eigenvalue weighted by atomic mass is 16.3. The molecule has 0 spiro atoms. The lowest BCUT2D eigenvalue weighted by atomic mass is 10.0. The summed E-state index contributed by atoms with van der Waals surface area (Å²) in [7, 11) is 1.89. The molecule has 0 aliphatic rings. The summed E-state index contributed by atoms with van der Waals surface area (Å²) >= 11 is 0. The highest BCUT2D eigenvalue weighted by Gasteiger charge is 2.17. The summed E-state index contributed by atoms with van der Waals surface area (Å²) in [6.07, 6.45) is 1.58. The van der Waals surface area contributed by atoms with Crippen LogP contribution in [0.15, 0.2) is 54.7 Å². The van der Waals surface area contributed by atoms with Crippen LogP contribution in [-0.4, -0.2) is 29.6 Å². The number of rotatable bonds is 7. The van der Waals surface area contributed by atoms with Gasteiger partial charge < -0.3 is 21.5 Å². The van der Waals surface area contributed by atoms with Gasteiger partial charge in [0.1, 0.15) is 0 Å². The van der Waals surface area contributed by atoms with Crippen molar-refractivity contribution in [2.75, 3.05) is 18.9 Å². The Balaban J connectivity index is 2.13. The summed E-state index contributed by atoms with van der Waals surface area (Å²) < 4.78 is 0. The first-order valence-electron chi connectivity index (χ1n) is 8.43. The van der Waals surface area contributed by atoms with Crippen molar-refractivity contribution in [3.05, 3.63) is 71.4 Å². The number of aliphatic hydroxyl groups excluding tert-OH is 1. The minimum absolute atomic E-state index is 0.0191. The Morgan fingerprint density at radius 2 is 1.96 bits per heavy atom. The maximum atomic E-state index is 11.7. The van der Waals surface area contributed by atoms with Crippen molar-refractivity contribution in [1.82, 2.24) is 10.3 Å². The SMILES string of the molecule is CNC[C@@H](Nc1c(CO)cnc2c(C(N)=O)cccc12)c1ccccc1. The lowest BCUT2D eigenvalue weighted by Gasteiger charge is -2.23. The van der Waals surface area contributed by atoms with E-state index in [9.17, 15) is 9.90 Å². The van der Waals surface area contributed by atoms with Crippen LogP contribution in [0.25, 0.3) is 10.9 Å². The van der Waals surface area contributed by atoms with Crippen LogP contribution in [0.3, 0.4) is 0 Å². The van der Waals surface area contributed by atoms with Crippen molar-refractivity contribution in [2.24, 2.45) is 5.73 Å². The van der Waals surface area contributed by atoms with Gasteiger partial charge in [0.25, 0.3) is 5.91 Å². The number of hydrogen-bond donors (Lipinski definition) is 4. The molecule has 6 heteroatoms. The minimum atomic E-state index is -0.527. The van der Waals surface area contributed by atoms with Crippen molar-refractivity contribution in [3.63, 3.8) is 0 Å². The van der Waals surface area contributed by atoms with Gasteiger partial charge in [0, 0.05) is 23.7 Å². The Morgan fingerprint density at radius 1 is 1.19 bits per heavy atom. The van der Waals surface area contributed by atoms with Crippen molar-refractivity contribution < 1.29 is 9.90 Å². The number of hydrogen-bond acceptors (Lipinski definition) is 5. The van der Waals surface area contributed by atoms with E-state index in [4.69, 9.17) is 5.73 Å². The molecule has 26 heavy (non-hydrogen) atoms. The molecule has 3 aromatic rings. The van der Waals surface area contributed by atoms with E-state index in [0.717, 1.165) is 16.6 Å². The van der Waals surface area contributed by atoms with Crippen LogP contribution in [0.2, 0.25) is 0 Å². The summed E-state index contributed by atoms with van der Waals surface area (Å²) in [6, 6.07) is 15.3. The van der Waals surface area contributed by atoms with E-state index >= 15 is 0 Å². The topological polar surface area (TPSA) is 100 Å². The van der Waals surface area contributed by atoms with E-state index in [2.05, 4.69) is 15.6 Å². The van der Waals surface area contributed by atoms with Crippen LogP contribution in [-0.2, 0) is 6.61 Å². The third-order valence-corrected chi connectivity index (χ3v) is 4.34. The van der Waals surface area contributed by atoms with E-state index in [1.807, 2.05) is 43.4 Å². The third kappa shape index (κ3) is 3.51. The van der Waals surface area contributed by atoms with Crippen LogP contribution in [0.1, 0.15) is 27.5 Å². The number of para-hydroxylation sites is 1. The summed E-state index contributed by atoms with van der Waals surface area (Å²) in [5.41, 5.74) is 8.90. The molecule has 1 amide bonds. The van der Waals surface area contributed by atoms with Gasteiger partial charge in [0.05, 0.1) is 29.4 Å². The van der Waals surface area contributed by atoms with Gasteiger partial charge >= 0.3 is 0 Å². The van der Waals surface area contributed by atoms with Crippen LogP contribution < -0.4 is 16.4 Å². The largest absolute Gasteiger partial charge is 0.392 e. The molecule has 1 heterocycles. The summed E-state index contributed by atoms with van der Waals surface area (Å²) in [6.45, 7) is 0.529. The van der Waals surface area contributed by atoms with Crippen molar-refractivity contribution in [2.45, 2.75) is 12.6 Å². The Labute approximate surface area is 152 Å². The molecule has 0 radical (unpaired) electrons. The number of aliphatic hydroxyl groups is 1. The van der Waals surface area contributed by atoms with Crippen LogP contribution >= 0.6 is 0 Å². The number of likely N-dealkylation sites (N-methyl/N-ethyl adjacent to an activating group) is 1. The molecule has 2 aromatic carbocycles. The number of amides is 1. The average molecular weight is 350 g/mol. The van der Waals surface area contributed by atoms with E-state index in [1.54, 1.807) is 18.3 Å². The predicted molar refractivity (Wildman–Crippen MR) is 103 cm³/mol. The first kappa shape index (κ1) is 17.8. The molecule has 0 saturated carbocycles. The number of benzene rings is 2. The lowest BCUT2D eigenvalue weighted by Crippen LogP contribution is -2.24. The number of anilines is 1. The van der Waals surface area contributed by atoms with Gasteiger partial charge in [-0.15, -0.1) is 0 Å². The summed E-state index contributed by atoms with van der Waals surface area (Å²) in [5, 5.41) is 17.2. The van der Waals surface area contributed by atoms with Crippen LogP contribution in [0.5, 0.6) is 0 Å². The van der Waals surface area contributed by atoms with Gasteiger partial charge in [-0.1, -0.05) is 42.5 Å². The van der Waals surface area contributed by atoms with Gasteiger partial charge in [-0.05, 0) is 18.7 Å². The minimum Gasteiger partial charge on any atom is -0.392 e. The van der Waals surface area contributed by atoms with Crippen molar-refractivity contribution in [3.8, 4) is 0 Å². The maximum absolute atomic E-state index is 11.7. The molecule has 0 aliphatic heterocycles. The average Bonchev–Trinajstić information content (AvgIpc) is 2.67. The number of nitrogens with two attached hydrogens (primary N) is 1. The molecule has 0 fully saturated rings. The third-order valence-electron chi connectivity index (χ3n) is 4.34. The number of carbonyl (C=O) groups excluding carboxylic acids is 1. The number of aromatic nitrogens is 1. The number of primary amides is 1. The Morgan fingerprint density at radius 3 is 2.62 bits per heavy atom. The quantitative estimate of drug-likeness (QED) is 0.523. The molecule has 6 nitrogen and oxygen atoms in total. The zero-order valence-corrected chi connectivity index (χ0v) is 14.6. The standard InChI is InChI=1S/C20H22N4O2/c1-22-11-17(13-6-3-2-4-7-13)24-18-14(12-25)10-23-19-15(18)8-5-9-16(19)20(21)26/h2-10,17,22,25H,11-12H2,1H3,(H2,21,26)(H,23,24)/t17-/m1/s1. The monoisotopic (exact) mass is 350 g/mol. The molecular weight excluding hydrogens is 328 g/mol. The number of carbonyl (C=O) groups is 1. The highest BCUT2D eigenvalue weighted by Crippen LogP contribution is 2.31. The second-order valence-corrected chi connectivity index (χ2v) is 6.05. The Bertz CT molecular complexity index is 912. The fraction of sp³-hybridized carbons (Fsp3) is 0.200. The van der Waals surface area contributed by atoms with Crippen LogP contribution in [0.4, 0.5) is 5.69 Å². The zero-order valence-electron chi connectivity index (χ0n) is 14.6. The molecule has 0 bridgehead atoms. The molecule has 5 N–H and O–H groups in total. The maximum Gasteiger partial charge on any atom is 0.250 e. The predicted octanol–water partition coefficient (Wildman–Crippen LogP) is 2.20. The first-order chi connectivity index (χ1) is 12.7. The number of fused-ring (bicyclic) bond motifs is 1. The fourth-order valence-corrected chi connectivity index (χ4v) is 3.07. The van der Waals surface area contributed by atoms with E-state index < -0.39 is 5.91 Å². The molecule has 1 atom stereocenters. The molecule has 3 rings (SSSR count). The molecule has 0 saturated heterocycles. The fourth-order valence-electron chi connectivity index (χ4n) is 3.07. The number of pyridine rings is 1. The normalized spacial score (nSPS) is 12.1. The molecule has 0 aliphatic carbocycles. The summed E-state index contributed by atoms with van der Waals surface area (Å²) in [4.78, 5) is 16.1. The Hall–Kier alpha value is -2.96. The summed E-state index contributed by atoms with van der Waals surface area (Å²) in [5.74, 6) is -0.527. The zero-order chi connectivity index (χ0) is 18.5. The molecule has 0 unspecified atom stereocenters. The van der Waals surface area contributed by atoms with E-state index in [-0.39, 0.29) is 12.6 Å². The lowest BCUT2D eigenvalue weighted by molar-refractivity contribution is 0.100. The number of nitrogens with zero attached hydrogens (tertiary/aromatic N) is 1. The molecular formula is C20H22N4O2. The van der Waals surface area contributed by atoms with Gasteiger partial charge in [0.2, 0.25) is 0 Å². The van der Waals surface area contributed by atoms with Gasteiger partial charge in [-0.25, -0.2) is 0 Å². The molecule has 134 valence electrons. The van der Waals surface area contributed by atoms with E-state index in [1.165, 1.54) is 0 Å². The molecule has 1 aromatic heterocycles. The van der Waals surface area contributed by atoms with E-state index in [0.29, 0.717) is 23.2 Å². The van der Waals surface area contributed by atoms with Crippen molar-refractivity contribution in [1.29, 1.82) is 0 Å². The second-order valence-electron chi connectivity index (χ2n) is 6.05.